The number of hydrogen-bond acceptors (Lipinski definition) is 3. The van der Waals surface area contributed by atoms with Gasteiger partial charge in [0.2, 0.25) is 0 Å². The lowest BCUT2D eigenvalue weighted by Crippen LogP contribution is -2.33. The molecule has 1 atom stereocenters. The molecular weight excluding hydrogens is 231 g/mol. The molecule has 1 unspecified atom stereocenters. The van der Waals surface area contributed by atoms with E-state index < -0.39 is 0 Å². The van der Waals surface area contributed by atoms with E-state index in [0.29, 0.717) is 12.6 Å². The Bertz CT molecular complexity index is 397. The van der Waals surface area contributed by atoms with Crippen molar-refractivity contribution in [2.24, 2.45) is 0 Å². The molecule has 0 aliphatic carbocycles. The highest BCUT2D eigenvalue weighted by Gasteiger charge is 2.31. The van der Waals surface area contributed by atoms with Crippen LogP contribution in [-0.2, 0) is 0 Å². The topological polar surface area (TPSA) is 24.3 Å². The number of nitrogens with zero attached hydrogens (tertiary/aromatic N) is 4. The van der Waals surface area contributed by atoms with E-state index in [2.05, 4.69) is 21.7 Å². The van der Waals surface area contributed by atoms with Gasteiger partial charge in [0.05, 0.1) is 17.8 Å². The summed E-state index contributed by atoms with van der Waals surface area (Å²) in [4.78, 5) is 2.34. The Morgan fingerprint density at radius 3 is 2.67 bits per heavy atom. The van der Waals surface area contributed by atoms with Crippen molar-refractivity contribution in [3.63, 3.8) is 0 Å². The summed E-state index contributed by atoms with van der Waals surface area (Å²) in [5.74, 6) is 0. The molecule has 2 saturated heterocycles. The van der Waals surface area contributed by atoms with Gasteiger partial charge in [-0.2, -0.15) is 5.10 Å². The molecule has 0 saturated carbocycles. The first kappa shape index (κ1) is 12.1. The number of rotatable bonds is 2. The first-order valence-corrected chi connectivity index (χ1v) is 6.90. The Hall–Kier alpha value is -0.940. The SMILES string of the molecule is CN1CCC(n2nccc2C2CCCN2F)CC1. The van der Waals surface area contributed by atoms with Gasteiger partial charge in [-0.3, -0.25) is 4.68 Å². The Morgan fingerprint density at radius 2 is 2.00 bits per heavy atom. The highest BCUT2D eigenvalue weighted by molar-refractivity contribution is 5.09. The third-order valence-corrected chi connectivity index (χ3v) is 4.26. The van der Waals surface area contributed by atoms with Crippen molar-refractivity contribution in [1.82, 2.24) is 19.8 Å². The van der Waals surface area contributed by atoms with E-state index in [1.165, 1.54) is 0 Å². The van der Waals surface area contributed by atoms with Crippen LogP contribution in [-0.4, -0.2) is 46.5 Å². The van der Waals surface area contributed by atoms with E-state index >= 15 is 0 Å². The molecule has 0 aromatic carbocycles. The summed E-state index contributed by atoms with van der Waals surface area (Å²) in [5.41, 5.74) is 1.06. The summed E-state index contributed by atoms with van der Waals surface area (Å²) >= 11 is 0. The van der Waals surface area contributed by atoms with E-state index in [9.17, 15) is 4.48 Å². The fourth-order valence-electron chi connectivity index (χ4n) is 3.16. The molecule has 2 aliphatic rings. The van der Waals surface area contributed by atoms with Gasteiger partial charge in [0.1, 0.15) is 0 Å². The molecule has 0 N–H and O–H groups in total. The molecule has 0 radical (unpaired) electrons. The van der Waals surface area contributed by atoms with Gasteiger partial charge in [-0.15, -0.1) is 9.60 Å². The summed E-state index contributed by atoms with van der Waals surface area (Å²) in [6.07, 6.45) is 5.91. The van der Waals surface area contributed by atoms with Gasteiger partial charge in [-0.25, -0.2) is 0 Å². The minimum Gasteiger partial charge on any atom is -0.306 e. The maximum atomic E-state index is 13.7. The van der Waals surface area contributed by atoms with Crippen LogP contribution in [0.25, 0.3) is 0 Å². The second kappa shape index (κ2) is 4.97. The van der Waals surface area contributed by atoms with Crippen LogP contribution in [0.4, 0.5) is 4.48 Å². The van der Waals surface area contributed by atoms with Crippen LogP contribution in [0.3, 0.4) is 0 Å². The molecule has 5 heteroatoms. The Labute approximate surface area is 107 Å². The van der Waals surface area contributed by atoms with Crippen molar-refractivity contribution in [2.45, 2.75) is 37.8 Å². The fraction of sp³-hybridized carbons (Fsp3) is 0.769. The third kappa shape index (κ3) is 2.17. The van der Waals surface area contributed by atoms with Crippen LogP contribution in [0.15, 0.2) is 12.3 Å². The lowest BCUT2D eigenvalue weighted by molar-refractivity contribution is 0.00568. The smallest absolute Gasteiger partial charge is 0.0820 e. The van der Waals surface area contributed by atoms with Crippen LogP contribution in [0, 0.1) is 0 Å². The summed E-state index contributed by atoms with van der Waals surface area (Å²) in [7, 11) is 2.15. The highest BCUT2D eigenvalue weighted by atomic mass is 19.2. The summed E-state index contributed by atoms with van der Waals surface area (Å²) in [6.45, 7) is 2.77. The van der Waals surface area contributed by atoms with E-state index in [-0.39, 0.29) is 6.04 Å². The van der Waals surface area contributed by atoms with Crippen molar-refractivity contribution < 1.29 is 4.48 Å². The highest BCUT2D eigenvalue weighted by Crippen LogP contribution is 2.34. The largest absolute Gasteiger partial charge is 0.306 e. The van der Waals surface area contributed by atoms with E-state index in [1.807, 2.05) is 12.3 Å². The minimum atomic E-state index is -0.0767. The monoisotopic (exact) mass is 252 g/mol. The third-order valence-electron chi connectivity index (χ3n) is 4.26. The molecule has 2 aliphatic heterocycles. The van der Waals surface area contributed by atoms with Gasteiger partial charge in [0, 0.05) is 12.7 Å². The van der Waals surface area contributed by atoms with Crippen LogP contribution in [0.5, 0.6) is 0 Å². The predicted molar refractivity (Wildman–Crippen MR) is 67.8 cm³/mol. The maximum absolute atomic E-state index is 13.7. The number of aromatic nitrogens is 2. The molecule has 1 aromatic heterocycles. The quantitative estimate of drug-likeness (QED) is 0.754. The number of halogens is 1. The molecule has 0 spiro atoms. The molecule has 2 fully saturated rings. The van der Waals surface area contributed by atoms with E-state index in [1.54, 1.807) is 0 Å². The molecule has 18 heavy (non-hydrogen) atoms. The van der Waals surface area contributed by atoms with Crippen molar-refractivity contribution in [2.75, 3.05) is 26.7 Å². The first-order valence-electron chi connectivity index (χ1n) is 6.90. The molecule has 3 heterocycles. The summed E-state index contributed by atoms with van der Waals surface area (Å²) in [5, 5.41) is 5.42. The van der Waals surface area contributed by atoms with Crippen LogP contribution in [0.2, 0.25) is 0 Å². The van der Waals surface area contributed by atoms with Crippen LogP contribution in [0.1, 0.15) is 43.5 Å². The number of piperidine rings is 1. The Morgan fingerprint density at radius 1 is 1.22 bits per heavy atom. The molecule has 3 rings (SSSR count). The average molecular weight is 252 g/mol. The lowest BCUT2D eigenvalue weighted by atomic mass is 10.0. The van der Waals surface area contributed by atoms with Gasteiger partial charge in [0.25, 0.3) is 0 Å². The van der Waals surface area contributed by atoms with Gasteiger partial charge < -0.3 is 4.90 Å². The normalized spacial score (nSPS) is 28.0. The molecular formula is C13H21FN4. The molecule has 100 valence electrons. The minimum absolute atomic E-state index is 0.0767. The van der Waals surface area contributed by atoms with Crippen molar-refractivity contribution in [3.05, 3.63) is 18.0 Å². The van der Waals surface area contributed by atoms with Crippen LogP contribution >= 0.6 is 0 Å². The van der Waals surface area contributed by atoms with Gasteiger partial charge in [-0.1, -0.05) is 0 Å². The Balaban J connectivity index is 1.78. The number of likely N-dealkylation sites (tertiary alicyclic amines) is 1. The second-order valence-electron chi connectivity index (χ2n) is 5.52. The lowest BCUT2D eigenvalue weighted by Gasteiger charge is -2.31. The molecule has 0 amide bonds. The van der Waals surface area contributed by atoms with Crippen molar-refractivity contribution in [3.8, 4) is 0 Å². The average Bonchev–Trinajstić information content (AvgIpc) is 2.98. The Kier molecular flexibility index (Phi) is 3.35. The molecule has 4 nitrogen and oxygen atoms in total. The maximum Gasteiger partial charge on any atom is 0.0820 e. The zero-order valence-electron chi connectivity index (χ0n) is 10.9. The summed E-state index contributed by atoms with van der Waals surface area (Å²) in [6, 6.07) is 2.35. The predicted octanol–water partition coefficient (Wildman–Crippen LogP) is 2.17. The molecule has 0 bridgehead atoms. The van der Waals surface area contributed by atoms with E-state index in [0.717, 1.165) is 49.6 Å². The van der Waals surface area contributed by atoms with Crippen molar-refractivity contribution >= 4 is 0 Å². The standard InChI is InChI=1S/C13H21FN4/c1-16-9-5-11(6-10-16)18-13(4-7-15-18)12-3-2-8-17(12)14/h4,7,11-12H,2-3,5-6,8-10H2,1H3. The van der Waals surface area contributed by atoms with Crippen molar-refractivity contribution in [1.29, 1.82) is 0 Å². The zero-order chi connectivity index (χ0) is 12.5. The molecule has 1 aromatic rings. The van der Waals surface area contributed by atoms with Crippen LogP contribution < -0.4 is 0 Å². The van der Waals surface area contributed by atoms with E-state index in [4.69, 9.17) is 0 Å². The fourth-order valence-corrected chi connectivity index (χ4v) is 3.16. The van der Waals surface area contributed by atoms with Gasteiger partial charge in [-0.05, 0) is 51.9 Å². The van der Waals surface area contributed by atoms with Gasteiger partial charge >= 0.3 is 0 Å². The first-order chi connectivity index (χ1) is 8.75. The second-order valence-corrected chi connectivity index (χ2v) is 5.52. The number of hydrogen-bond donors (Lipinski definition) is 0. The summed E-state index contributed by atoms with van der Waals surface area (Å²) < 4.78 is 15.8. The zero-order valence-corrected chi connectivity index (χ0v) is 10.9. The van der Waals surface area contributed by atoms with Gasteiger partial charge in [0.15, 0.2) is 0 Å².